The van der Waals surface area contributed by atoms with Crippen molar-refractivity contribution in [3.05, 3.63) is 70.1 Å². The van der Waals surface area contributed by atoms with Gasteiger partial charge in [-0.2, -0.15) is 0 Å². The number of nitrogens with one attached hydrogen (secondary N) is 2. The average Bonchev–Trinajstić information content (AvgIpc) is 3.10. The lowest BCUT2D eigenvalue weighted by molar-refractivity contribution is 0.300. The number of anilines is 2. The summed E-state index contributed by atoms with van der Waals surface area (Å²) in [4.78, 5) is 0. The van der Waals surface area contributed by atoms with Gasteiger partial charge in [-0.05, 0) is 50.0 Å². The lowest BCUT2D eigenvalue weighted by Gasteiger charge is -2.16. The predicted octanol–water partition coefficient (Wildman–Crippen LogP) is 3.80. The van der Waals surface area contributed by atoms with Gasteiger partial charge in [-0.15, -0.1) is 0 Å². The highest BCUT2D eigenvalue weighted by Crippen LogP contribution is 2.24. The van der Waals surface area contributed by atoms with Crippen LogP contribution in [-0.2, 0) is 6.54 Å². The first kappa shape index (κ1) is 17.1. The first-order valence-electron chi connectivity index (χ1n) is 7.19. The van der Waals surface area contributed by atoms with Gasteiger partial charge in [0, 0.05) is 6.54 Å². The van der Waals surface area contributed by atoms with E-state index < -0.39 is 5.82 Å². The molecular weight excluding hydrogens is 393 g/mol. The molecule has 0 fully saturated rings. The van der Waals surface area contributed by atoms with E-state index in [4.69, 9.17) is 5.41 Å². The molecular formula is C16H13BrFN5O2. The van der Waals surface area contributed by atoms with Crippen molar-refractivity contribution in [2.24, 2.45) is 0 Å². The molecule has 0 aliphatic carbocycles. The third-order valence-electron chi connectivity index (χ3n) is 3.38. The van der Waals surface area contributed by atoms with E-state index in [9.17, 15) is 9.60 Å². The molecule has 128 valence electrons. The van der Waals surface area contributed by atoms with Gasteiger partial charge in [-0.3, -0.25) is 10.6 Å². The quantitative estimate of drug-likeness (QED) is 0.339. The molecule has 3 N–H and O–H groups in total. The minimum atomic E-state index is -0.475. The Morgan fingerprint density at radius 2 is 2.00 bits per heavy atom. The second kappa shape index (κ2) is 7.41. The summed E-state index contributed by atoms with van der Waals surface area (Å²) in [5.74, 6) is -0.624. The number of rotatable bonds is 5. The van der Waals surface area contributed by atoms with Gasteiger partial charge >= 0.3 is 0 Å². The summed E-state index contributed by atoms with van der Waals surface area (Å²) in [5, 5.41) is 29.3. The van der Waals surface area contributed by atoms with Crippen molar-refractivity contribution in [3.63, 3.8) is 0 Å². The highest BCUT2D eigenvalue weighted by atomic mass is 79.9. The van der Waals surface area contributed by atoms with E-state index in [0.717, 1.165) is 5.56 Å². The molecule has 2 aromatic carbocycles. The number of hydrogen-bond donors (Lipinski definition) is 3. The number of benzene rings is 2. The fraction of sp³-hybridized carbons (Fsp3) is 0.0625. The third-order valence-corrected chi connectivity index (χ3v) is 3.98. The normalized spacial score (nSPS) is 10.5. The van der Waals surface area contributed by atoms with E-state index in [-0.39, 0.29) is 27.5 Å². The summed E-state index contributed by atoms with van der Waals surface area (Å²) in [7, 11) is 0. The number of halogens is 2. The molecule has 0 bridgehead atoms. The number of hydrogen-bond acceptors (Lipinski definition) is 6. The van der Waals surface area contributed by atoms with E-state index in [2.05, 4.69) is 36.2 Å². The second-order valence-electron chi connectivity index (χ2n) is 5.06. The van der Waals surface area contributed by atoms with Crippen LogP contribution in [0.2, 0.25) is 0 Å². The summed E-state index contributed by atoms with van der Waals surface area (Å²) in [6.07, 6.45) is 0. The molecule has 0 unspecified atom stereocenters. The van der Waals surface area contributed by atoms with Gasteiger partial charge in [-0.1, -0.05) is 30.3 Å². The summed E-state index contributed by atoms with van der Waals surface area (Å²) in [6, 6.07) is 13.4. The molecule has 9 heteroatoms. The third kappa shape index (κ3) is 3.83. The summed E-state index contributed by atoms with van der Waals surface area (Å²) in [5.41, 5.74) is 1.22. The molecule has 0 aliphatic heterocycles. The maximum atomic E-state index is 13.3. The molecule has 1 aromatic heterocycles. The molecule has 0 saturated carbocycles. The first-order chi connectivity index (χ1) is 12.1. The lowest BCUT2D eigenvalue weighted by Crippen LogP contribution is -2.28. The maximum absolute atomic E-state index is 13.3. The summed E-state index contributed by atoms with van der Waals surface area (Å²) < 4.78 is 18.2. The number of nitrogens with zero attached hydrogens (tertiary/aromatic N) is 3. The zero-order valence-corrected chi connectivity index (χ0v) is 14.4. The van der Waals surface area contributed by atoms with Gasteiger partial charge in [0.15, 0.2) is 11.5 Å². The van der Waals surface area contributed by atoms with E-state index in [1.807, 2.05) is 30.3 Å². The van der Waals surface area contributed by atoms with Crippen molar-refractivity contribution in [2.45, 2.75) is 6.54 Å². The Balaban J connectivity index is 1.76. The van der Waals surface area contributed by atoms with Gasteiger partial charge in [0.1, 0.15) is 5.82 Å². The van der Waals surface area contributed by atoms with Crippen molar-refractivity contribution in [3.8, 4) is 0 Å². The average molecular weight is 406 g/mol. The molecule has 0 spiro atoms. The van der Waals surface area contributed by atoms with Gasteiger partial charge in [0.05, 0.1) is 10.2 Å². The molecule has 0 aliphatic rings. The maximum Gasteiger partial charge on any atom is 0.202 e. The molecule has 25 heavy (non-hydrogen) atoms. The Bertz CT molecular complexity index is 887. The van der Waals surface area contributed by atoms with Gasteiger partial charge in [-0.25, -0.2) is 14.1 Å². The fourth-order valence-electron chi connectivity index (χ4n) is 2.09. The minimum Gasteiger partial charge on any atom is -0.361 e. The summed E-state index contributed by atoms with van der Waals surface area (Å²) >= 11 is 3.04. The molecule has 3 aromatic rings. The molecule has 7 nitrogen and oxygen atoms in total. The predicted molar refractivity (Wildman–Crippen MR) is 93.3 cm³/mol. The van der Waals surface area contributed by atoms with Gasteiger partial charge in [0.2, 0.25) is 5.82 Å². The van der Waals surface area contributed by atoms with E-state index in [1.54, 1.807) is 0 Å². The van der Waals surface area contributed by atoms with Crippen LogP contribution in [0.25, 0.3) is 0 Å². The second-order valence-corrected chi connectivity index (χ2v) is 5.91. The largest absolute Gasteiger partial charge is 0.361 e. The van der Waals surface area contributed by atoms with Crippen LogP contribution in [-0.4, -0.2) is 21.4 Å². The van der Waals surface area contributed by atoms with E-state index in [1.165, 1.54) is 18.2 Å². The summed E-state index contributed by atoms with van der Waals surface area (Å²) in [6.45, 7) is 0.447. The van der Waals surface area contributed by atoms with Crippen molar-refractivity contribution < 1.29 is 14.2 Å². The molecule has 1 heterocycles. The Morgan fingerprint density at radius 3 is 2.72 bits per heavy atom. The van der Waals surface area contributed by atoms with Crippen LogP contribution in [0.3, 0.4) is 0 Å². The Labute approximate surface area is 150 Å². The molecule has 3 rings (SSSR count). The smallest absolute Gasteiger partial charge is 0.202 e. The topological polar surface area (TPSA) is 98.3 Å². The fourth-order valence-corrected chi connectivity index (χ4v) is 2.45. The van der Waals surface area contributed by atoms with Crippen molar-refractivity contribution in [1.29, 1.82) is 5.41 Å². The van der Waals surface area contributed by atoms with Crippen LogP contribution in [0.1, 0.15) is 11.3 Å². The first-order valence-corrected chi connectivity index (χ1v) is 7.99. The highest BCUT2D eigenvalue weighted by Gasteiger charge is 2.21. The van der Waals surface area contributed by atoms with Crippen LogP contribution < -0.4 is 10.4 Å². The standard InChI is InChI=1S/C16H13BrFN5O2/c17-12-8-11(6-7-13(12)18)23(24)15(19)14-16(22-25-21-14)20-9-10-4-2-1-3-5-10/h1-8,19,24H,9H2,(H,20,22). The monoisotopic (exact) mass is 405 g/mol. The van der Waals surface area contributed by atoms with Crippen molar-refractivity contribution in [2.75, 3.05) is 10.4 Å². The zero-order chi connectivity index (χ0) is 17.8. The molecule has 0 amide bonds. The number of aromatic nitrogens is 2. The van der Waals surface area contributed by atoms with E-state index >= 15 is 0 Å². The Hall–Kier alpha value is -2.78. The van der Waals surface area contributed by atoms with Crippen molar-refractivity contribution >= 4 is 33.3 Å². The van der Waals surface area contributed by atoms with Crippen LogP contribution in [0.15, 0.2) is 57.6 Å². The van der Waals surface area contributed by atoms with Crippen LogP contribution in [0.5, 0.6) is 0 Å². The van der Waals surface area contributed by atoms with Crippen LogP contribution in [0, 0.1) is 11.2 Å². The minimum absolute atomic E-state index is 0.0267. The SMILES string of the molecule is N=C(c1nonc1NCc1ccccc1)N(O)c1ccc(F)c(Br)c1. The Kier molecular flexibility index (Phi) is 5.05. The molecule has 0 atom stereocenters. The molecule has 0 radical (unpaired) electrons. The van der Waals surface area contributed by atoms with Crippen LogP contribution >= 0.6 is 15.9 Å². The highest BCUT2D eigenvalue weighted by molar-refractivity contribution is 9.10. The van der Waals surface area contributed by atoms with Crippen LogP contribution in [0.4, 0.5) is 15.9 Å². The van der Waals surface area contributed by atoms with Gasteiger partial charge in [0.25, 0.3) is 0 Å². The van der Waals surface area contributed by atoms with Gasteiger partial charge < -0.3 is 5.32 Å². The van der Waals surface area contributed by atoms with E-state index in [0.29, 0.717) is 11.6 Å². The molecule has 0 saturated heterocycles. The zero-order valence-electron chi connectivity index (χ0n) is 12.8. The number of amidine groups is 1. The Morgan fingerprint density at radius 1 is 1.24 bits per heavy atom. The lowest BCUT2D eigenvalue weighted by atomic mass is 10.2. The number of hydroxylamine groups is 1. The van der Waals surface area contributed by atoms with Crippen molar-refractivity contribution in [1.82, 2.24) is 10.3 Å².